The van der Waals surface area contributed by atoms with E-state index in [0.717, 1.165) is 39.2 Å². The van der Waals surface area contributed by atoms with E-state index in [1.807, 2.05) is 0 Å². The van der Waals surface area contributed by atoms with Crippen molar-refractivity contribution in [2.24, 2.45) is 0 Å². The molecule has 0 aromatic heterocycles. The molecule has 3 aromatic rings. The summed E-state index contributed by atoms with van der Waals surface area (Å²) in [7, 11) is 0. The number of benzene rings is 3. The molecule has 1 fully saturated rings. The summed E-state index contributed by atoms with van der Waals surface area (Å²) >= 11 is 3.37. The molecule has 0 aliphatic carbocycles. The van der Waals surface area contributed by atoms with Crippen molar-refractivity contribution in [3.63, 3.8) is 0 Å². The Kier molecular flexibility index (Phi) is 5.99. The Bertz CT molecular complexity index is 1320. The highest BCUT2D eigenvalue weighted by Gasteiger charge is 2.47. The number of carbonyl (C=O) groups is 2. The Morgan fingerprint density at radius 3 is 2.15 bits per heavy atom. The standard InChI is InChI=1S/C25H17BrF3NO4/c1-13-12-15(4-11-19(13)26)22(32)20-21(14-2-9-18(31)10-3-14)30(24(34)23(20)33)17-7-5-16(6-8-17)25(27,28)29/h2-12,21,31-32H,1H3/b22-20-. The minimum atomic E-state index is -4.57. The second-order valence-electron chi connectivity index (χ2n) is 7.77. The lowest BCUT2D eigenvalue weighted by Crippen LogP contribution is -2.29. The highest BCUT2D eigenvalue weighted by atomic mass is 79.9. The summed E-state index contributed by atoms with van der Waals surface area (Å²) < 4.78 is 39.9. The number of nitrogens with zero attached hydrogens (tertiary/aromatic N) is 1. The molecule has 0 saturated carbocycles. The lowest BCUT2D eigenvalue weighted by Gasteiger charge is -2.26. The van der Waals surface area contributed by atoms with Gasteiger partial charge >= 0.3 is 6.18 Å². The van der Waals surface area contributed by atoms with E-state index in [9.17, 15) is 33.0 Å². The summed E-state index contributed by atoms with van der Waals surface area (Å²) in [4.78, 5) is 27.2. The second-order valence-corrected chi connectivity index (χ2v) is 8.62. The number of carbonyl (C=O) groups excluding carboxylic acids is 2. The summed E-state index contributed by atoms with van der Waals surface area (Å²) in [6.45, 7) is 1.79. The van der Waals surface area contributed by atoms with Gasteiger partial charge in [-0.05, 0) is 66.6 Å². The summed E-state index contributed by atoms with van der Waals surface area (Å²) in [6, 6.07) is 13.3. The number of anilines is 1. The number of aryl methyl sites for hydroxylation is 1. The molecular weight excluding hydrogens is 515 g/mol. The van der Waals surface area contributed by atoms with Crippen molar-refractivity contribution in [1.29, 1.82) is 0 Å². The molecule has 1 saturated heterocycles. The van der Waals surface area contributed by atoms with E-state index in [1.165, 1.54) is 24.3 Å². The van der Waals surface area contributed by atoms with Crippen LogP contribution in [0, 0.1) is 6.92 Å². The van der Waals surface area contributed by atoms with Crippen LogP contribution in [0.25, 0.3) is 5.76 Å². The molecule has 0 spiro atoms. The van der Waals surface area contributed by atoms with Crippen molar-refractivity contribution in [1.82, 2.24) is 0 Å². The lowest BCUT2D eigenvalue weighted by molar-refractivity contribution is -0.137. The number of hydrogen-bond acceptors (Lipinski definition) is 4. The first kappa shape index (κ1) is 23.6. The summed E-state index contributed by atoms with van der Waals surface area (Å²) in [6.07, 6.45) is -4.57. The molecular formula is C25H17BrF3NO4. The van der Waals surface area contributed by atoms with Crippen LogP contribution in [0.15, 0.2) is 76.8 Å². The van der Waals surface area contributed by atoms with Gasteiger partial charge < -0.3 is 10.2 Å². The molecule has 3 aromatic carbocycles. The van der Waals surface area contributed by atoms with Crippen LogP contribution in [-0.4, -0.2) is 21.9 Å². The predicted molar refractivity (Wildman–Crippen MR) is 123 cm³/mol. The number of phenols is 1. The molecule has 2 N–H and O–H groups in total. The minimum absolute atomic E-state index is 0.0548. The molecule has 1 atom stereocenters. The first-order chi connectivity index (χ1) is 16.0. The van der Waals surface area contributed by atoms with E-state index < -0.39 is 35.2 Å². The van der Waals surface area contributed by atoms with Crippen molar-refractivity contribution in [2.45, 2.75) is 19.1 Å². The van der Waals surface area contributed by atoms with Crippen LogP contribution in [0.2, 0.25) is 0 Å². The maximum Gasteiger partial charge on any atom is 0.416 e. The Hall–Kier alpha value is -3.59. The third-order valence-electron chi connectivity index (χ3n) is 5.56. The predicted octanol–water partition coefficient (Wildman–Crippen LogP) is 6.11. The smallest absolute Gasteiger partial charge is 0.416 e. The molecule has 1 amide bonds. The number of aliphatic hydroxyl groups excluding tert-OH is 1. The van der Waals surface area contributed by atoms with Gasteiger partial charge in [0.25, 0.3) is 11.7 Å². The number of ketones is 1. The number of amides is 1. The Morgan fingerprint density at radius 2 is 1.59 bits per heavy atom. The van der Waals surface area contributed by atoms with Gasteiger partial charge in [0.1, 0.15) is 11.5 Å². The van der Waals surface area contributed by atoms with Crippen LogP contribution < -0.4 is 4.90 Å². The van der Waals surface area contributed by atoms with Gasteiger partial charge in [-0.25, -0.2) is 0 Å². The van der Waals surface area contributed by atoms with Crippen molar-refractivity contribution in [3.8, 4) is 5.75 Å². The molecule has 1 aliphatic rings. The monoisotopic (exact) mass is 531 g/mol. The first-order valence-corrected chi connectivity index (χ1v) is 10.8. The Labute approximate surface area is 200 Å². The fraction of sp³-hybridized carbons (Fsp3) is 0.120. The zero-order chi connectivity index (χ0) is 24.8. The number of hydrogen-bond donors (Lipinski definition) is 2. The van der Waals surface area contributed by atoms with Gasteiger partial charge in [0, 0.05) is 15.7 Å². The van der Waals surface area contributed by atoms with E-state index in [0.29, 0.717) is 11.1 Å². The van der Waals surface area contributed by atoms with Crippen molar-refractivity contribution >= 4 is 39.1 Å². The van der Waals surface area contributed by atoms with Gasteiger partial charge in [0.05, 0.1) is 17.2 Å². The largest absolute Gasteiger partial charge is 0.508 e. The fourth-order valence-corrected chi connectivity index (χ4v) is 4.08. The molecule has 0 bridgehead atoms. The van der Waals surface area contributed by atoms with Gasteiger partial charge in [-0.15, -0.1) is 0 Å². The van der Waals surface area contributed by atoms with Gasteiger partial charge in [0.2, 0.25) is 0 Å². The number of alkyl halides is 3. The molecule has 1 aliphatic heterocycles. The average molecular weight is 532 g/mol. The van der Waals surface area contributed by atoms with E-state index in [4.69, 9.17) is 0 Å². The number of phenolic OH excluding ortho intramolecular Hbond substituents is 1. The second kappa shape index (κ2) is 8.64. The van der Waals surface area contributed by atoms with E-state index >= 15 is 0 Å². The molecule has 174 valence electrons. The van der Waals surface area contributed by atoms with Gasteiger partial charge in [-0.3, -0.25) is 14.5 Å². The highest BCUT2D eigenvalue weighted by Crippen LogP contribution is 2.43. The maximum atomic E-state index is 13.1. The number of rotatable bonds is 3. The molecule has 1 heterocycles. The average Bonchev–Trinajstić information content (AvgIpc) is 3.06. The third kappa shape index (κ3) is 4.19. The molecule has 9 heteroatoms. The van der Waals surface area contributed by atoms with Crippen LogP contribution >= 0.6 is 15.9 Å². The van der Waals surface area contributed by atoms with Gasteiger partial charge in [0.15, 0.2) is 0 Å². The van der Waals surface area contributed by atoms with Crippen LogP contribution in [-0.2, 0) is 15.8 Å². The molecule has 0 radical (unpaired) electrons. The van der Waals surface area contributed by atoms with E-state index in [1.54, 1.807) is 25.1 Å². The van der Waals surface area contributed by atoms with Crippen molar-refractivity contribution < 1.29 is 33.0 Å². The zero-order valence-corrected chi connectivity index (χ0v) is 19.2. The Balaban J connectivity index is 1.91. The summed E-state index contributed by atoms with van der Waals surface area (Å²) in [5.74, 6) is -2.44. The minimum Gasteiger partial charge on any atom is -0.508 e. The summed E-state index contributed by atoms with van der Waals surface area (Å²) in [5.41, 5.74) is 0.403. The Morgan fingerprint density at radius 1 is 0.971 bits per heavy atom. The first-order valence-electron chi connectivity index (χ1n) is 10.0. The van der Waals surface area contributed by atoms with Gasteiger partial charge in [-0.2, -0.15) is 13.2 Å². The number of aliphatic hydroxyl groups is 1. The van der Waals surface area contributed by atoms with Crippen molar-refractivity contribution in [3.05, 3.63) is 99.0 Å². The van der Waals surface area contributed by atoms with E-state index in [-0.39, 0.29) is 17.0 Å². The highest BCUT2D eigenvalue weighted by molar-refractivity contribution is 9.10. The third-order valence-corrected chi connectivity index (χ3v) is 6.45. The van der Waals surface area contributed by atoms with Crippen LogP contribution in [0.3, 0.4) is 0 Å². The normalized spacial score (nSPS) is 17.9. The molecule has 4 rings (SSSR count). The quantitative estimate of drug-likeness (QED) is 0.243. The fourth-order valence-electron chi connectivity index (χ4n) is 3.83. The molecule has 5 nitrogen and oxygen atoms in total. The van der Waals surface area contributed by atoms with Crippen LogP contribution in [0.4, 0.5) is 18.9 Å². The SMILES string of the molecule is Cc1cc(/C(O)=C2/C(=O)C(=O)N(c3ccc(C(F)(F)F)cc3)C2c2ccc(O)cc2)ccc1Br. The molecule has 1 unspecified atom stereocenters. The lowest BCUT2D eigenvalue weighted by atomic mass is 9.94. The number of Topliss-reactive ketones (excluding diaryl/α,β-unsaturated/α-hetero) is 1. The van der Waals surface area contributed by atoms with Gasteiger partial charge in [-0.1, -0.05) is 34.1 Å². The van der Waals surface area contributed by atoms with Crippen LogP contribution in [0.5, 0.6) is 5.75 Å². The number of halogens is 4. The topological polar surface area (TPSA) is 77.8 Å². The van der Waals surface area contributed by atoms with Crippen LogP contribution in [0.1, 0.15) is 28.3 Å². The van der Waals surface area contributed by atoms with E-state index in [2.05, 4.69) is 15.9 Å². The zero-order valence-electron chi connectivity index (χ0n) is 17.6. The summed E-state index contributed by atoms with van der Waals surface area (Å²) in [5, 5.41) is 20.8. The molecule has 34 heavy (non-hydrogen) atoms. The maximum absolute atomic E-state index is 13.1. The van der Waals surface area contributed by atoms with Crippen molar-refractivity contribution in [2.75, 3.05) is 4.90 Å². The number of aromatic hydroxyl groups is 1.